The quantitative estimate of drug-likeness (QED) is 0.785. The Bertz CT molecular complexity index is 457. The molecule has 14 heavy (non-hydrogen) atoms. The van der Waals surface area contributed by atoms with Gasteiger partial charge in [0.25, 0.3) is 0 Å². The van der Waals surface area contributed by atoms with Crippen LogP contribution in [-0.4, -0.2) is 4.98 Å². The van der Waals surface area contributed by atoms with Crippen molar-refractivity contribution in [3.63, 3.8) is 0 Å². The van der Waals surface area contributed by atoms with E-state index in [1.165, 1.54) is 22.4 Å². The number of hydrogen-bond acceptors (Lipinski definition) is 0. The molecule has 0 amide bonds. The van der Waals surface area contributed by atoms with Crippen molar-refractivity contribution in [2.24, 2.45) is 0 Å². The first kappa shape index (κ1) is 9.53. The van der Waals surface area contributed by atoms with E-state index in [1.807, 2.05) is 6.20 Å². The van der Waals surface area contributed by atoms with Crippen LogP contribution in [0.5, 0.6) is 0 Å². The molecule has 0 aliphatic rings. The topological polar surface area (TPSA) is 15.8 Å². The number of aromatic nitrogens is 1. The fraction of sp³-hybridized carbons (Fsp3) is 0.167. The normalized spacial score (nSPS) is 10.5. The van der Waals surface area contributed by atoms with Gasteiger partial charge in [-0.1, -0.05) is 22.0 Å². The summed E-state index contributed by atoms with van der Waals surface area (Å²) in [6, 6.07) is 8.53. The molecule has 2 aromatic rings. The highest BCUT2D eigenvalue weighted by Crippen LogP contribution is 2.24. The van der Waals surface area contributed by atoms with Crippen molar-refractivity contribution in [2.45, 2.75) is 13.8 Å². The number of aryl methyl sites for hydroxylation is 2. The smallest absolute Gasteiger partial charge is 0.0456 e. The van der Waals surface area contributed by atoms with E-state index in [1.54, 1.807) is 0 Å². The van der Waals surface area contributed by atoms with Gasteiger partial charge in [0.2, 0.25) is 0 Å². The second kappa shape index (κ2) is 3.62. The number of rotatable bonds is 1. The van der Waals surface area contributed by atoms with Crippen LogP contribution in [-0.2, 0) is 0 Å². The Balaban J connectivity index is 2.47. The fourth-order valence-corrected chi connectivity index (χ4v) is 1.73. The van der Waals surface area contributed by atoms with Gasteiger partial charge in [0, 0.05) is 16.4 Å². The summed E-state index contributed by atoms with van der Waals surface area (Å²) in [5, 5.41) is 0. The lowest BCUT2D eigenvalue weighted by Gasteiger charge is -2.01. The van der Waals surface area contributed by atoms with Crippen LogP contribution < -0.4 is 0 Å². The van der Waals surface area contributed by atoms with Crippen molar-refractivity contribution >= 4 is 15.9 Å². The Kier molecular flexibility index (Phi) is 2.46. The largest absolute Gasteiger partial charge is 0.361 e. The molecule has 0 unspecified atom stereocenters. The summed E-state index contributed by atoms with van der Waals surface area (Å²) >= 11 is 3.50. The molecule has 0 radical (unpaired) electrons. The molecule has 0 aliphatic heterocycles. The lowest BCUT2D eigenvalue weighted by Crippen LogP contribution is -1.80. The van der Waals surface area contributed by atoms with Gasteiger partial charge in [-0.25, -0.2) is 0 Å². The Morgan fingerprint density at radius 3 is 2.50 bits per heavy atom. The average molecular weight is 250 g/mol. The predicted octanol–water partition coefficient (Wildman–Crippen LogP) is 4.06. The van der Waals surface area contributed by atoms with E-state index in [9.17, 15) is 0 Å². The first-order chi connectivity index (χ1) is 6.66. The molecule has 0 spiro atoms. The summed E-state index contributed by atoms with van der Waals surface area (Å²) in [5.74, 6) is 0. The van der Waals surface area contributed by atoms with Crippen molar-refractivity contribution in [3.8, 4) is 11.3 Å². The van der Waals surface area contributed by atoms with Crippen LogP contribution in [0.15, 0.2) is 34.9 Å². The molecule has 2 rings (SSSR count). The number of H-pyrrole nitrogens is 1. The zero-order valence-corrected chi connectivity index (χ0v) is 9.85. The second-order valence-corrected chi connectivity index (χ2v) is 4.41. The molecule has 0 atom stereocenters. The molecule has 1 nitrogen and oxygen atoms in total. The Labute approximate surface area is 92.3 Å². The van der Waals surface area contributed by atoms with Crippen LogP contribution in [0, 0.1) is 13.8 Å². The van der Waals surface area contributed by atoms with E-state index in [0.717, 1.165) is 4.47 Å². The minimum absolute atomic E-state index is 1.16. The average Bonchev–Trinajstić information content (AvgIpc) is 2.57. The first-order valence-electron chi connectivity index (χ1n) is 4.58. The highest BCUT2D eigenvalue weighted by Gasteiger charge is 2.01. The summed E-state index contributed by atoms with van der Waals surface area (Å²) in [4.78, 5) is 3.25. The van der Waals surface area contributed by atoms with Crippen LogP contribution in [0.1, 0.15) is 11.1 Å². The number of benzene rings is 1. The lowest BCUT2D eigenvalue weighted by atomic mass is 10.1. The lowest BCUT2D eigenvalue weighted by molar-refractivity contribution is 1.36. The molecule has 1 N–H and O–H groups in total. The predicted molar refractivity (Wildman–Crippen MR) is 63.4 cm³/mol. The van der Waals surface area contributed by atoms with Crippen LogP contribution in [0.4, 0.5) is 0 Å². The summed E-state index contributed by atoms with van der Waals surface area (Å²) in [6.45, 7) is 4.19. The maximum absolute atomic E-state index is 3.50. The van der Waals surface area contributed by atoms with Crippen molar-refractivity contribution in [3.05, 3.63) is 46.1 Å². The fourth-order valence-electron chi connectivity index (χ4n) is 1.48. The third kappa shape index (κ3) is 1.75. The molecular formula is C12H12BrN. The Hall–Kier alpha value is -1.02. The monoisotopic (exact) mass is 249 g/mol. The molecule has 0 saturated carbocycles. The summed E-state index contributed by atoms with van der Waals surface area (Å²) in [5.41, 5.74) is 4.94. The van der Waals surface area contributed by atoms with Crippen molar-refractivity contribution in [1.82, 2.24) is 4.98 Å². The summed E-state index contributed by atoms with van der Waals surface area (Å²) in [6.07, 6.45) is 2.02. The van der Waals surface area contributed by atoms with Gasteiger partial charge >= 0.3 is 0 Å². The van der Waals surface area contributed by atoms with E-state index < -0.39 is 0 Å². The molecular weight excluding hydrogens is 238 g/mol. The van der Waals surface area contributed by atoms with Gasteiger partial charge in [0.05, 0.1) is 0 Å². The first-order valence-corrected chi connectivity index (χ1v) is 5.37. The molecule has 0 fully saturated rings. The highest BCUT2D eigenvalue weighted by molar-refractivity contribution is 9.10. The van der Waals surface area contributed by atoms with Crippen molar-refractivity contribution < 1.29 is 0 Å². The molecule has 1 aromatic heterocycles. The Morgan fingerprint density at radius 2 is 1.93 bits per heavy atom. The number of hydrogen-bond donors (Lipinski definition) is 1. The SMILES string of the molecule is Cc1c[nH]c(-c2ccc(Br)c(C)c2)c1. The summed E-state index contributed by atoms with van der Waals surface area (Å²) in [7, 11) is 0. The van der Waals surface area contributed by atoms with Crippen LogP contribution in [0.2, 0.25) is 0 Å². The molecule has 1 aromatic carbocycles. The van der Waals surface area contributed by atoms with Gasteiger partial charge < -0.3 is 4.98 Å². The Morgan fingerprint density at radius 1 is 1.14 bits per heavy atom. The molecule has 1 heterocycles. The van der Waals surface area contributed by atoms with E-state index in [0.29, 0.717) is 0 Å². The number of nitrogens with one attached hydrogen (secondary N) is 1. The summed E-state index contributed by atoms with van der Waals surface area (Å²) < 4.78 is 1.16. The maximum Gasteiger partial charge on any atom is 0.0456 e. The van der Waals surface area contributed by atoms with E-state index in [-0.39, 0.29) is 0 Å². The van der Waals surface area contributed by atoms with Crippen LogP contribution in [0.25, 0.3) is 11.3 Å². The molecule has 72 valence electrons. The minimum atomic E-state index is 1.16. The van der Waals surface area contributed by atoms with Gasteiger partial charge in [-0.15, -0.1) is 0 Å². The van der Waals surface area contributed by atoms with Gasteiger partial charge in [0.15, 0.2) is 0 Å². The van der Waals surface area contributed by atoms with Gasteiger partial charge in [0.1, 0.15) is 0 Å². The molecule has 0 aliphatic carbocycles. The highest BCUT2D eigenvalue weighted by atomic mass is 79.9. The van der Waals surface area contributed by atoms with E-state index in [2.05, 4.69) is 59.0 Å². The molecule has 2 heteroatoms. The molecule has 0 bridgehead atoms. The second-order valence-electron chi connectivity index (χ2n) is 3.55. The van der Waals surface area contributed by atoms with E-state index >= 15 is 0 Å². The van der Waals surface area contributed by atoms with Gasteiger partial charge in [-0.05, 0) is 48.7 Å². The molecule has 0 saturated heterocycles. The van der Waals surface area contributed by atoms with Crippen LogP contribution in [0.3, 0.4) is 0 Å². The van der Waals surface area contributed by atoms with Gasteiger partial charge in [-0.3, -0.25) is 0 Å². The number of aromatic amines is 1. The van der Waals surface area contributed by atoms with Crippen molar-refractivity contribution in [1.29, 1.82) is 0 Å². The number of halogens is 1. The minimum Gasteiger partial charge on any atom is -0.361 e. The standard InChI is InChI=1S/C12H12BrN/c1-8-5-12(14-7-8)10-3-4-11(13)9(2)6-10/h3-7,14H,1-2H3. The maximum atomic E-state index is 3.50. The zero-order valence-electron chi connectivity index (χ0n) is 8.26. The third-order valence-corrected chi connectivity index (χ3v) is 3.19. The van der Waals surface area contributed by atoms with E-state index in [4.69, 9.17) is 0 Å². The third-order valence-electron chi connectivity index (χ3n) is 2.30. The van der Waals surface area contributed by atoms with Crippen molar-refractivity contribution in [2.75, 3.05) is 0 Å². The van der Waals surface area contributed by atoms with Crippen LogP contribution >= 0.6 is 15.9 Å². The zero-order chi connectivity index (χ0) is 10.1. The van der Waals surface area contributed by atoms with Gasteiger partial charge in [-0.2, -0.15) is 0 Å².